The van der Waals surface area contributed by atoms with E-state index in [0.717, 1.165) is 0 Å². The summed E-state index contributed by atoms with van der Waals surface area (Å²) < 4.78 is 0. The van der Waals surface area contributed by atoms with Crippen molar-refractivity contribution < 1.29 is 9.59 Å². The Bertz CT molecular complexity index is 397. The Labute approximate surface area is 89.3 Å². The first-order valence-corrected chi connectivity index (χ1v) is 5.06. The summed E-state index contributed by atoms with van der Waals surface area (Å²) >= 11 is 0. The highest BCUT2D eigenvalue weighted by Crippen LogP contribution is 2.17. The van der Waals surface area contributed by atoms with E-state index >= 15 is 0 Å². The van der Waals surface area contributed by atoms with Crippen LogP contribution >= 0.6 is 0 Å². The summed E-state index contributed by atoms with van der Waals surface area (Å²) in [5, 5.41) is 0. The van der Waals surface area contributed by atoms with E-state index in [-0.39, 0.29) is 11.6 Å². The number of Topliss-reactive ketones (excluding diaryl/α,β-unsaturated/α-hetero) is 2. The zero-order valence-electron chi connectivity index (χ0n) is 9.04. The van der Waals surface area contributed by atoms with Crippen LogP contribution in [0.15, 0.2) is 18.2 Å². The van der Waals surface area contributed by atoms with Crippen LogP contribution in [0.2, 0.25) is 0 Å². The summed E-state index contributed by atoms with van der Waals surface area (Å²) in [6.07, 6.45) is 0.831. The van der Waals surface area contributed by atoms with Gasteiger partial charge in [0.15, 0.2) is 11.6 Å². The van der Waals surface area contributed by atoms with E-state index in [1.165, 1.54) is 0 Å². The highest BCUT2D eigenvalue weighted by atomic mass is 16.1. The summed E-state index contributed by atoms with van der Waals surface area (Å²) in [4.78, 5) is 22.9. The number of hydrogen-bond donors (Lipinski definition) is 1. The molecule has 0 aliphatic heterocycles. The third kappa shape index (κ3) is 2.43. The van der Waals surface area contributed by atoms with Crippen molar-refractivity contribution in [1.82, 2.24) is 0 Å². The summed E-state index contributed by atoms with van der Waals surface area (Å²) in [7, 11) is 0. The second-order valence-electron chi connectivity index (χ2n) is 3.36. The van der Waals surface area contributed by atoms with Crippen LogP contribution in [0.4, 0.5) is 5.69 Å². The molecular weight excluding hydrogens is 190 g/mol. The Balaban J connectivity index is 3.16. The van der Waals surface area contributed by atoms with Crippen LogP contribution < -0.4 is 5.73 Å². The normalized spacial score (nSPS) is 10.0. The van der Waals surface area contributed by atoms with Crippen molar-refractivity contribution in [2.75, 3.05) is 5.73 Å². The molecule has 3 nitrogen and oxygen atoms in total. The smallest absolute Gasteiger partial charge is 0.164 e. The number of anilines is 1. The third-order valence-electron chi connectivity index (χ3n) is 2.32. The minimum atomic E-state index is -0.0294. The molecule has 0 unspecified atom stereocenters. The third-order valence-corrected chi connectivity index (χ3v) is 2.32. The van der Waals surface area contributed by atoms with Crippen molar-refractivity contribution in [3.8, 4) is 0 Å². The fourth-order valence-corrected chi connectivity index (χ4v) is 1.37. The molecular formula is C12H15NO2. The maximum atomic E-state index is 11.5. The molecule has 0 aliphatic rings. The second-order valence-corrected chi connectivity index (χ2v) is 3.36. The van der Waals surface area contributed by atoms with Gasteiger partial charge in [-0.15, -0.1) is 0 Å². The minimum Gasteiger partial charge on any atom is -0.398 e. The van der Waals surface area contributed by atoms with E-state index in [0.29, 0.717) is 29.7 Å². The van der Waals surface area contributed by atoms with Crippen LogP contribution in [0.1, 0.15) is 47.4 Å². The van der Waals surface area contributed by atoms with Gasteiger partial charge in [0.2, 0.25) is 0 Å². The molecule has 1 rings (SSSR count). The van der Waals surface area contributed by atoms with Crippen LogP contribution in [0.3, 0.4) is 0 Å². The lowest BCUT2D eigenvalue weighted by Crippen LogP contribution is -2.05. The van der Waals surface area contributed by atoms with Gasteiger partial charge in [-0.1, -0.05) is 13.8 Å². The summed E-state index contributed by atoms with van der Waals surface area (Å²) in [6.45, 7) is 3.57. The molecule has 0 fully saturated rings. The van der Waals surface area contributed by atoms with Gasteiger partial charge < -0.3 is 5.73 Å². The second kappa shape index (κ2) is 4.73. The van der Waals surface area contributed by atoms with Crippen LogP contribution in [0.5, 0.6) is 0 Å². The maximum Gasteiger partial charge on any atom is 0.164 e. The van der Waals surface area contributed by atoms with Crippen LogP contribution in [-0.4, -0.2) is 11.6 Å². The van der Waals surface area contributed by atoms with Gasteiger partial charge >= 0.3 is 0 Å². The Morgan fingerprint density at radius 1 is 1.13 bits per heavy atom. The fraction of sp³-hybridized carbons (Fsp3) is 0.333. The van der Waals surface area contributed by atoms with Gasteiger partial charge in [-0.3, -0.25) is 9.59 Å². The lowest BCUT2D eigenvalue weighted by atomic mass is 10.0. The lowest BCUT2D eigenvalue weighted by molar-refractivity contribution is 0.0987. The standard InChI is InChI=1S/C12H15NO2/c1-3-11(14)8-5-6-10(13)9(7-8)12(15)4-2/h5-7H,3-4,13H2,1-2H3. The molecule has 1 aromatic carbocycles. The van der Waals surface area contributed by atoms with Gasteiger partial charge in [-0.2, -0.15) is 0 Å². The van der Waals surface area contributed by atoms with E-state index < -0.39 is 0 Å². The number of hydrogen-bond acceptors (Lipinski definition) is 3. The van der Waals surface area contributed by atoms with E-state index in [4.69, 9.17) is 5.73 Å². The molecule has 0 radical (unpaired) electrons. The summed E-state index contributed by atoms with van der Waals surface area (Å²) in [6, 6.07) is 4.87. The number of nitrogen functional groups attached to an aromatic ring is 1. The molecule has 0 aromatic heterocycles. The first-order valence-electron chi connectivity index (χ1n) is 5.06. The van der Waals surface area contributed by atoms with Gasteiger partial charge in [-0.05, 0) is 18.2 Å². The van der Waals surface area contributed by atoms with Crippen molar-refractivity contribution in [2.45, 2.75) is 26.7 Å². The zero-order valence-corrected chi connectivity index (χ0v) is 9.04. The SMILES string of the molecule is CCC(=O)c1ccc(N)c(C(=O)CC)c1. The molecule has 0 spiro atoms. The molecule has 80 valence electrons. The fourth-order valence-electron chi connectivity index (χ4n) is 1.37. The zero-order chi connectivity index (χ0) is 11.4. The van der Waals surface area contributed by atoms with Crippen molar-refractivity contribution >= 4 is 17.3 Å². The number of carbonyl (C=O) groups is 2. The van der Waals surface area contributed by atoms with Crippen LogP contribution in [0, 0.1) is 0 Å². The predicted octanol–water partition coefficient (Wildman–Crippen LogP) is 2.45. The Morgan fingerprint density at radius 2 is 1.73 bits per heavy atom. The van der Waals surface area contributed by atoms with Gasteiger partial charge in [0.1, 0.15) is 0 Å². The van der Waals surface area contributed by atoms with E-state index in [2.05, 4.69) is 0 Å². The highest BCUT2D eigenvalue weighted by Gasteiger charge is 2.11. The molecule has 0 atom stereocenters. The minimum absolute atomic E-state index is 0.0279. The molecule has 0 aliphatic carbocycles. The quantitative estimate of drug-likeness (QED) is 0.606. The molecule has 3 heteroatoms. The Morgan fingerprint density at radius 3 is 2.27 bits per heavy atom. The van der Waals surface area contributed by atoms with Crippen LogP contribution in [0.25, 0.3) is 0 Å². The van der Waals surface area contributed by atoms with E-state index in [1.54, 1.807) is 32.0 Å². The molecule has 0 bridgehead atoms. The van der Waals surface area contributed by atoms with Crippen molar-refractivity contribution in [1.29, 1.82) is 0 Å². The monoisotopic (exact) mass is 205 g/mol. The average molecular weight is 205 g/mol. The number of ketones is 2. The molecule has 0 heterocycles. The van der Waals surface area contributed by atoms with Gasteiger partial charge in [0.05, 0.1) is 0 Å². The summed E-state index contributed by atoms with van der Waals surface area (Å²) in [5.41, 5.74) is 7.13. The van der Waals surface area contributed by atoms with Gasteiger partial charge in [0, 0.05) is 29.7 Å². The van der Waals surface area contributed by atoms with Crippen molar-refractivity contribution in [2.24, 2.45) is 0 Å². The maximum absolute atomic E-state index is 11.5. The van der Waals surface area contributed by atoms with Crippen molar-refractivity contribution in [3.63, 3.8) is 0 Å². The van der Waals surface area contributed by atoms with Crippen molar-refractivity contribution in [3.05, 3.63) is 29.3 Å². The lowest BCUT2D eigenvalue weighted by Gasteiger charge is -2.05. The molecule has 0 saturated carbocycles. The first kappa shape index (κ1) is 11.4. The summed E-state index contributed by atoms with van der Waals surface area (Å²) in [5.74, 6) is -0.00148. The predicted molar refractivity (Wildman–Crippen MR) is 60.1 cm³/mol. The topological polar surface area (TPSA) is 60.2 Å². The largest absolute Gasteiger partial charge is 0.398 e. The molecule has 0 saturated heterocycles. The van der Waals surface area contributed by atoms with E-state index in [9.17, 15) is 9.59 Å². The Kier molecular flexibility index (Phi) is 3.61. The van der Waals surface area contributed by atoms with Gasteiger partial charge in [0.25, 0.3) is 0 Å². The molecule has 2 N–H and O–H groups in total. The molecule has 0 amide bonds. The molecule has 1 aromatic rings. The first-order chi connectivity index (χ1) is 7.10. The van der Waals surface area contributed by atoms with Gasteiger partial charge in [-0.25, -0.2) is 0 Å². The highest BCUT2D eigenvalue weighted by molar-refractivity contribution is 6.04. The van der Waals surface area contributed by atoms with Crippen LogP contribution in [-0.2, 0) is 0 Å². The number of benzene rings is 1. The number of nitrogens with two attached hydrogens (primary N) is 1. The Hall–Kier alpha value is -1.64. The molecule has 15 heavy (non-hydrogen) atoms. The number of carbonyl (C=O) groups excluding carboxylic acids is 2. The number of rotatable bonds is 4. The van der Waals surface area contributed by atoms with E-state index in [1.807, 2.05) is 0 Å². The average Bonchev–Trinajstić information content (AvgIpc) is 2.27.